The topological polar surface area (TPSA) is 82.2 Å². The Morgan fingerprint density at radius 3 is 2.90 bits per heavy atom. The highest BCUT2D eigenvalue weighted by molar-refractivity contribution is 7.19. The van der Waals surface area contributed by atoms with E-state index >= 15 is 0 Å². The standard InChI is InChI=1S/C13H18N4O2S/c1-8-6-16-17(7-8)5-4-15-13-11(19-3)10(14)12(20-13)9(2)18/h6-7,15H,4-5,14H2,1-3H3. The minimum absolute atomic E-state index is 0.0541. The highest BCUT2D eigenvalue weighted by Crippen LogP contribution is 2.42. The van der Waals surface area contributed by atoms with Crippen molar-refractivity contribution in [2.45, 2.75) is 20.4 Å². The van der Waals surface area contributed by atoms with Gasteiger partial charge in [-0.1, -0.05) is 0 Å². The van der Waals surface area contributed by atoms with Crippen molar-refractivity contribution < 1.29 is 9.53 Å². The molecule has 2 aromatic rings. The number of hydrogen-bond donors (Lipinski definition) is 2. The largest absolute Gasteiger partial charge is 0.492 e. The van der Waals surface area contributed by atoms with E-state index < -0.39 is 0 Å². The average Bonchev–Trinajstić information content (AvgIpc) is 2.94. The zero-order valence-electron chi connectivity index (χ0n) is 11.8. The normalized spacial score (nSPS) is 10.6. The van der Waals surface area contributed by atoms with Gasteiger partial charge in [0.25, 0.3) is 0 Å². The SMILES string of the molecule is COc1c(NCCn2cc(C)cn2)sc(C(C)=O)c1N. The van der Waals surface area contributed by atoms with Gasteiger partial charge in [-0.05, 0) is 12.5 Å². The lowest BCUT2D eigenvalue weighted by Gasteiger charge is -2.07. The van der Waals surface area contributed by atoms with Gasteiger partial charge in [-0.2, -0.15) is 5.10 Å². The van der Waals surface area contributed by atoms with Crippen LogP contribution >= 0.6 is 11.3 Å². The van der Waals surface area contributed by atoms with Crippen LogP contribution < -0.4 is 15.8 Å². The number of nitrogens with one attached hydrogen (secondary N) is 1. The number of rotatable bonds is 6. The number of aryl methyl sites for hydroxylation is 1. The van der Waals surface area contributed by atoms with Gasteiger partial charge in [0, 0.05) is 19.7 Å². The summed E-state index contributed by atoms with van der Waals surface area (Å²) in [5, 5.41) is 8.23. The molecule has 6 nitrogen and oxygen atoms in total. The van der Waals surface area contributed by atoms with E-state index in [2.05, 4.69) is 10.4 Å². The van der Waals surface area contributed by atoms with Gasteiger partial charge in [-0.3, -0.25) is 9.48 Å². The molecule has 0 aliphatic heterocycles. The molecule has 7 heteroatoms. The maximum atomic E-state index is 11.5. The van der Waals surface area contributed by atoms with E-state index in [9.17, 15) is 4.79 Å². The van der Waals surface area contributed by atoms with E-state index in [4.69, 9.17) is 10.5 Å². The first-order valence-corrected chi connectivity index (χ1v) is 7.04. The molecule has 0 spiro atoms. The summed E-state index contributed by atoms with van der Waals surface area (Å²) in [5.74, 6) is 0.485. The molecule has 0 aromatic carbocycles. The second kappa shape index (κ2) is 5.96. The number of hydrogen-bond acceptors (Lipinski definition) is 6. The van der Waals surface area contributed by atoms with Crippen LogP contribution in [0.15, 0.2) is 12.4 Å². The van der Waals surface area contributed by atoms with Gasteiger partial charge < -0.3 is 15.8 Å². The Hall–Kier alpha value is -2.02. The average molecular weight is 294 g/mol. The zero-order chi connectivity index (χ0) is 14.7. The summed E-state index contributed by atoms with van der Waals surface area (Å²) >= 11 is 1.32. The lowest BCUT2D eigenvalue weighted by atomic mass is 10.3. The fourth-order valence-corrected chi connectivity index (χ4v) is 2.89. The molecule has 0 saturated heterocycles. The number of aromatic nitrogens is 2. The summed E-state index contributed by atoms with van der Waals surface area (Å²) in [6, 6.07) is 0. The van der Waals surface area contributed by atoms with E-state index in [-0.39, 0.29) is 5.78 Å². The number of carbonyl (C=O) groups is 1. The second-order valence-electron chi connectivity index (χ2n) is 4.47. The van der Waals surface area contributed by atoms with Gasteiger partial charge in [0.15, 0.2) is 11.5 Å². The Kier molecular flexibility index (Phi) is 4.29. The third-order valence-corrected chi connectivity index (χ3v) is 4.06. The number of nitrogens with two attached hydrogens (primary N) is 1. The highest BCUT2D eigenvalue weighted by Gasteiger charge is 2.19. The molecular weight excluding hydrogens is 276 g/mol. The van der Waals surface area contributed by atoms with Crippen molar-refractivity contribution in [2.75, 3.05) is 24.7 Å². The summed E-state index contributed by atoms with van der Waals surface area (Å²) < 4.78 is 7.12. The molecule has 2 rings (SSSR count). The van der Waals surface area contributed by atoms with E-state index in [0.29, 0.717) is 22.9 Å². The van der Waals surface area contributed by atoms with Crippen LogP contribution in [0.3, 0.4) is 0 Å². The minimum atomic E-state index is -0.0541. The van der Waals surface area contributed by atoms with Crippen molar-refractivity contribution in [3.8, 4) is 5.75 Å². The van der Waals surface area contributed by atoms with E-state index in [1.807, 2.05) is 24.0 Å². The van der Waals surface area contributed by atoms with E-state index in [1.165, 1.54) is 18.3 Å². The third-order valence-electron chi connectivity index (χ3n) is 2.81. The summed E-state index contributed by atoms with van der Waals surface area (Å²) in [6.45, 7) is 4.90. The molecule has 3 N–H and O–H groups in total. The molecule has 2 heterocycles. The molecule has 0 amide bonds. The first-order chi connectivity index (χ1) is 9.52. The van der Waals surface area contributed by atoms with Crippen molar-refractivity contribution in [2.24, 2.45) is 0 Å². The molecule has 0 atom stereocenters. The Labute approximate surface area is 121 Å². The molecule has 0 bridgehead atoms. The molecule has 0 unspecified atom stereocenters. The van der Waals surface area contributed by atoms with Gasteiger partial charge >= 0.3 is 0 Å². The number of Topliss-reactive ketones (excluding diaryl/α,β-unsaturated/α-hetero) is 1. The van der Waals surface area contributed by atoms with Crippen LogP contribution in [0.2, 0.25) is 0 Å². The zero-order valence-corrected chi connectivity index (χ0v) is 12.6. The number of nitrogen functional groups attached to an aromatic ring is 1. The number of nitrogens with zero attached hydrogens (tertiary/aromatic N) is 2. The predicted octanol–water partition coefficient (Wildman–Crippen LogP) is 2.16. The first-order valence-electron chi connectivity index (χ1n) is 6.23. The van der Waals surface area contributed by atoms with Crippen LogP contribution in [0.5, 0.6) is 5.75 Å². The van der Waals surface area contributed by atoms with Gasteiger partial charge in [0.05, 0.1) is 30.4 Å². The van der Waals surface area contributed by atoms with Gasteiger partial charge in [-0.25, -0.2) is 0 Å². The summed E-state index contributed by atoms with van der Waals surface area (Å²) in [4.78, 5) is 12.0. The Balaban J connectivity index is 2.05. The highest BCUT2D eigenvalue weighted by atomic mass is 32.1. The summed E-state index contributed by atoms with van der Waals surface area (Å²) in [5.41, 5.74) is 7.44. The molecule has 0 aliphatic rings. The Morgan fingerprint density at radius 2 is 2.35 bits per heavy atom. The predicted molar refractivity (Wildman–Crippen MR) is 80.7 cm³/mol. The number of thiophene rings is 1. The Bertz CT molecular complexity index is 618. The molecule has 0 saturated carbocycles. The molecule has 0 radical (unpaired) electrons. The van der Waals surface area contributed by atoms with Crippen LogP contribution in [0.4, 0.5) is 10.7 Å². The van der Waals surface area contributed by atoms with Gasteiger partial charge in [-0.15, -0.1) is 11.3 Å². The molecule has 0 fully saturated rings. The van der Waals surface area contributed by atoms with Crippen LogP contribution in [0.1, 0.15) is 22.2 Å². The number of ketones is 1. The minimum Gasteiger partial charge on any atom is -0.492 e. The van der Waals surface area contributed by atoms with Crippen LogP contribution in [0, 0.1) is 6.92 Å². The van der Waals surface area contributed by atoms with Crippen molar-refractivity contribution in [3.63, 3.8) is 0 Å². The first kappa shape index (κ1) is 14.4. The third kappa shape index (κ3) is 2.93. The molecule has 0 aliphatic carbocycles. The van der Waals surface area contributed by atoms with Gasteiger partial charge in [0.2, 0.25) is 0 Å². The number of carbonyl (C=O) groups excluding carboxylic acids is 1. The fraction of sp³-hybridized carbons (Fsp3) is 0.385. The van der Waals surface area contributed by atoms with Crippen molar-refractivity contribution in [1.82, 2.24) is 9.78 Å². The Morgan fingerprint density at radius 1 is 1.60 bits per heavy atom. The van der Waals surface area contributed by atoms with Gasteiger partial charge in [0.1, 0.15) is 5.00 Å². The number of methoxy groups -OCH3 is 1. The van der Waals surface area contributed by atoms with Crippen molar-refractivity contribution in [3.05, 3.63) is 22.8 Å². The molecule has 20 heavy (non-hydrogen) atoms. The maximum absolute atomic E-state index is 11.5. The monoisotopic (exact) mass is 294 g/mol. The van der Waals surface area contributed by atoms with E-state index in [0.717, 1.165) is 17.1 Å². The number of anilines is 2. The summed E-state index contributed by atoms with van der Waals surface area (Å²) in [7, 11) is 1.55. The maximum Gasteiger partial charge on any atom is 0.176 e. The molecular formula is C13H18N4O2S. The van der Waals surface area contributed by atoms with Crippen LogP contribution in [0.25, 0.3) is 0 Å². The molecule has 2 aromatic heterocycles. The summed E-state index contributed by atoms with van der Waals surface area (Å²) in [6.07, 6.45) is 3.79. The van der Waals surface area contributed by atoms with E-state index in [1.54, 1.807) is 7.11 Å². The fourth-order valence-electron chi connectivity index (χ4n) is 1.88. The smallest absolute Gasteiger partial charge is 0.176 e. The van der Waals surface area contributed by atoms with Crippen molar-refractivity contribution in [1.29, 1.82) is 0 Å². The van der Waals surface area contributed by atoms with Crippen molar-refractivity contribution >= 4 is 27.8 Å². The lowest BCUT2D eigenvalue weighted by Crippen LogP contribution is -2.10. The molecule has 108 valence electrons. The second-order valence-corrected chi connectivity index (χ2v) is 5.49. The quantitative estimate of drug-likeness (QED) is 0.798. The number of ether oxygens (including phenoxy) is 1. The van der Waals surface area contributed by atoms with Crippen LogP contribution in [-0.2, 0) is 6.54 Å². The lowest BCUT2D eigenvalue weighted by molar-refractivity contribution is 0.102. The van der Waals surface area contributed by atoms with Crippen LogP contribution in [-0.4, -0.2) is 29.2 Å².